The Morgan fingerprint density at radius 2 is 1.81 bits per heavy atom. The van der Waals surface area contributed by atoms with Crippen molar-refractivity contribution in [1.29, 1.82) is 0 Å². The highest BCUT2D eigenvalue weighted by Gasteiger charge is 2.17. The standard InChI is InChI=1S/C23H26N2O6/c1-5-30-18-8-6-7-15-11-19(31-22(15)18)14(2)25-21(26)13-24-23(27)16-9-10-17(28-3)20(12-16)29-4/h6-12,14H,5,13H2,1-4H3,(H,24,27)(H,25,26). The maximum Gasteiger partial charge on any atom is 0.251 e. The second-order valence-electron chi connectivity index (χ2n) is 6.80. The smallest absolute Gasteiger partial charge is 0.251 e. The quantitative estimate of drug-likeness (QED) is 0.544. The van der Waals surface area contributed by atoms with Gasteiger partial charge in [-0.1, -0.05) is 12.1 Å². The van der Waals surface area contributed by atoms with Crippen molar-refractivity contribution in [3.05, 3.63) is 53.8 Å². The predicted molar refractivity (Wildman–Crippen MR) is 116 cm³/mol. The van der Waals surface area contributed by atoms with Gasteiger partial charge in [-0.3, -0.25) is 9.59 Å². The number of nitrogens with one attached hydrogen (secondary N) is 2. The fourth-order valence-corrected chi connectivity index (χ4v) is 3.14. The Morgan fingerprint density at radius 3 is 2.52 bits per heavy atom. The molecule has 2 N–H and O–H groups in total. The van der Waals surface area contributed by atoms with Gasteiger partial charge in [0, 0.05) is 10.9 Å². The van der Waals surface area contributed by atoms with Crippen molar-refractivity contribution in [3.8, 4) is 17.2 Å². The molecule has 0 aliphatic heterocycles. The Bertz CT molecular complexity index is 1080. The van der Waals surface area contributed by atoms with Gasteiger partial charge in [0.25, 0.3) is 5.91 Å². The lowest BCUT2D eigenvalue weighted by atomic mass is 10.2. The van der Waals surface area contributed by atoms with E-state index in [4.69, 9.17) is 18.6 Å². The Labute approximate surface area is 180 Å². The second-order valence-corrected chi connectivity index (χ2v) is 6.80. The summed E-state index contributed by atoms with van der Waals surface area (Å²) in [6, 6.07) is 11.9. The Hall–Kier alpha value is -3.68. The fraction of sp³-hybridized carbons (Fsp3) is 0.304. The van der Waals surface area contributed by atoms with E-state index >= 15 is 0 Å². The zero-order chi connectivity index (χ0) is 22.4. The molecule has 0 aliphatic rings. The lowest BCUT2D eigenvalue weighted by Crippen LogP contribution is -2.37. The molecule has 0 bridgehead atoms. The van der Waals surface area contributed by atoms with E-state index in [1.807, 2.05) is 38.1 Å². The summed E-state index contributed by atoms with van der Waals surface area (Å²) < 4.78 is 21.8. The van der Waals surface area contributed by atoms with Gasteiger partial charge in [0.1, 0.15) is 5.76 Å². The molecule has 0 spiro atoms. The minimum absolute atomic E-state index is 0.179. The lowest BCUT2D eigenvalue weighted by molar-refractivity contribution is -0.120. The second kappa shape index (κ2) is 9.88. The highest BCUT2D eigenvalue weighted by atomic mass is 16.5. The SMILES string of the molecule is CCOc1cccc2cc(C(C)NC(=O)CNC(=O)c3ccc(OC)c(OC)c3)oc12. The van der Waals surface area contributed by atoms with Crippen molar-refractivity contribution in [2.24, 2.45) is 0 Å². The van der Waals surface area contributed by atoms with Crippen LogP contribution >= 0.6 is 0 Å². The number of ether oxygens (including phenoxy) is 3. The minimum atomic E-state index is -0.395. The molecule has 0 radical (unpaired) electrons. The topological polar surface area (TPSA) is 99.0 Å². The summed E-state index contributed by atoms with van der Waals surface area (Å²) in [4.78, 5) is 24.7. The molecule has 0 saturated carbocycles. The fourth-order valence-electron chi connectivity index (χ4n) is 3.14. The first-order valence-corrected chi connectivity index (χ1v) is 9.91. The number of para-hydroxylation sites is 1. The van der Waals surface area contributed by atoms with Crippen molar-refractivity contribution >= 4 is 22.8 Å². The number of amides is 2. The average molecular weight is 426 g/mol. The molecule has 3 rings (SSSR count). The molecule has 0 aliphatic carbocycles. The van der Waals surface area contributed by atoms with Crippen molar-refractivity contribution in [2.45, 2.75) is 19.9 Å². The van der Waals surface area contributed by atoms with Gasteiger partial charge in [-0.05, 0) is 44.2 Å². The first-order chi connectivity index (χ1) is 15.0. The summed E-state index contributed by atoms with van der Waals surface area (Å²) in [5, 5.41) is 6.31. The van der Waals surface area contributed by atoms with E-state index in [0.717, 1.165) is 5.39 Å². The molecule has 1 atom stereocenters. The van der Waals surface area contributed by atoms with Crippen molar-refractivity contribution in [2.75, 3.05) is 27.4 Å². The molecule has 3 aromatic rings. The minimum Gasteiger partial charge on any atom is -0.493 e. The van der Waals surface area contributed by atoms with Crippen LogP contribution in [0.2, 0.25) is 0 Å². The number of benzene rings is 2. The zero-order valence-electron chi connectivity index (χ0n) is 18.0. The van der Waals surface area contributed by atoms with Crippen molar-refractivity contribution < 1.29 is 28.2 Å². The molecule has 1 heterocycles. The molecule has 31 heavy (non-hydrogen) atoms. The van der Waals surface area contributed by atoms with E-state index in [1.165, 1.54) is 14.2 Å². The number of hydrogen-bond donors (Lipinski definition) is 2. The van der Waals surface area contributed by atoms with E-state index in [-0.39, 0.29) is 18.5 Å². The molecule has 8 nitrogen and oxygen atoms in total. The number of hydrogen-bond acceptors (Lipinski definition) is 6. The van der Waals surface area contributed by atoms with E-state index in [9.17, 15) is 9.59 Å². The van der Waals surface area contributed by atoms with Gasteiger partial charge in [0.2, 0.25) is 5.91 Å². The molecule has 2 amide bonds. The monoisotopic (exact) mass is 426 g/mol. The number of furan rings is 1. The van der Waals surface area contributed by atoms with Gasteiger partial charge < -0.3 is 29.3 Å². The van der Waals surface area contributed by atoms with E-state index in [0.29, 0.717) is 40.8 Å². The Morgan fingerprint density at radius 1 is 1.03 bits per heavy atom. The molecular formula is C23H26N2O6. The van der Waals surface area contributed by atoms with Gasteiger partial charge in [-0.15, -0.1) is 0 Å². The Kier molecular flexibility index (Phi) is 7.02. The first kappa shape index (κ1) is 22.0. The van der Waals surface area contributed by atoms with Crippen LogP contribution in [0, 0.1) is 0 Å². The Balaban J connectivity index is 1.60. The van der Waals surface area contributed by atoms with Crippen molar-refractivity contribution in [3.63, 3.8) is 0 Å². The third kappa shape index (κ3) is 5.09. The largest absolute Gasteiger partial charge is 0.493 e. The molecule has 0 fully saturated rings. The van der Waals surface area contributed by atoms with Crippen LogP contribution in [0.25, 0.3) is 11.0 Å². The van der Waals surface area contributed by atoms with Gasteiger partial charge >= 0.3 is 0 Å². The molecule has 164 valence electrons. The van der Waals surface area contributed by atoms with E-state index in [1.54, 1.807) is 18.2 Å². The molecule has 1 aromatic heterocycles. The van der Waals surface area contributed by atoms with Crippen LogP contribution in [0.5, 0.6) is 17.2 Å². The predicted octanol–water partition coefficient (Wildman–Crippen LogP) is 3.46. The zero-order valence-corrected chi connectivity index (χ0v) is 18.0. The maximum absolute atomic E-state index is 12.4. The molecule has 1 unspecified atom stereocenters. The molecule has 0 saturated heterocycles. The molecule has 2 aromatic carbocycles. The number of carbonyl (C=O) groups excluding carboxylic acids is 2. The highest BCUT2D eigenvalue weighted by molar-refractivity contribution is 5.97. The molecular weight excluding hydrogens is 400 g/mol. The highest BCUT2D eigenvalue weighted by Crippen LogP contribution is 2.31. The summed E-state index contributed by atoms with van der Waals surface area (Å²) >= 11 is 0. The summed E-state index contributed by atoms with van der Waals surface area (Å²) in [6.07, 6.45) is 0. The maximum atomic E-state index is 12.4. The summed E-state index contributed by atoms with van der Waals surface area (Å²) in [6.45, 7) is 4.07. The van der Waals surface area contributed by atoms with E-state index < -0.39 is 5.91 Å². The van der Waals surface area contributed by atoms with Gasteiger partial charge in [-0.2, -0.15) is 0 Å². The van der Waals surface area contributed by atoms with Gasteiger partial charge in [-0.25, -0.2) is 0 Å². The lowest BCUT2D eigenvalue weighted by Gasteiger charge is -2.13. The van der Waals surface area contributed by atoms with E-state index in [2.05, 4.69) is 10.6 Å². The normalized spacial score (nSPS) is 11.6. The third-order valence-corrected chi connectivity index (χ3v) is 4.69. The van der Waals surface area contributed by atoms with Crippen LogP contribution in [0.4, 0.5) is 0 Å². The van der Waals surface area contributed by atoms with Crippen LogP contribution in [0.3, 0.4) is 0 Å². The van der Waals surface area contributed by atoms with Crippen molar-refractivity contribution in [1.82, 2.24) is 10.6 Å². The van der Waals surface area contributed by atoms with Crippen LogP contribution in [-0.2, 0) is 4.79 Å². The number of methoxy groups -OCH3 is 2. The third-order valence-electron chi connectivity index (χ3n) is 4.69. The number of rotatable bonds is 9. The number of fused-ring (bicyclic) bond motifs is 1. The number of carbonyl (C=O) groups is 2. The average Bonchev–Trinajstić information content (AvgIpc) is 3.22. The first-order valence-electron chi connectivity index (χ1n) is 9.91. The molecule has 8 heteroatoms. The van der Waals surface area contributed by atoms with Gasteiger partial charge in [0.05, 0.1) is 33.4 Å². The van der Waals surface area contributed by atoms with Crippen LogP contribution in [0.1, 0.15) is 36.0 Å². The summed E-state index contributed by atoms with van der Waals surface area (Å²) in [7, 11) is 3.01. The van der Waals surface area contributed by atoms with Crippen LogP contribution in [-0.4, -0.2) is 39.2 Å². The summed E-state index contributed by atoms with van der Waals surface area (Å²) in [5.41, 5.74) is 1.00. The van der Waals surface area contributed by atoms with Gasteiger partial charge in [0.15, 0.2) is 22.8 Å². The van der Waals surface area contributed by atoms with Crippen LogP contribution < -0.4 is 24.8 Å². The summed E-state index contributed by atoms with van der Waals surface area (Å²) in [5.74, 6) is 1.47. The van der Waals surface area contributed by atoms with Crippen LogP contribution in [0.15, 0.2) is 46.9 Å².